The van der Waals surface area contributed by atoms with Crippen LogP contribution < -0.4 is 9.62 Å². The Morgan fingerprint density at radius 1 is 1.06 bits per heavy atom. The summed E-state index contributed by atoms with van der Waals surface area (Å²) in [5.41, 5.74) is 2.01. The SMILES string of the molecule is Cc1ccccc1CN(C(=O)CN(c1ccc(F)cc1)S(C)(=O)=O)[C@@H](C)C(=O)NC1CCCCC1. The van der Waals surface area contributed by atoms with E-state index in [9.17, 15) is 22.4 Å². The molecular formula is C26H34FN3O4S. The van der Waals surface area contributed by atoms with Gasteiger partial charge in [-0.3, -0.25) is 13.9 Å². The standard InChI is InChI=1S/C26H34FN3O4S/c1-19-9-7-8-10-21(19)17-29(20(2)26(32)28-23-11-5-4-6-12-23)25(31)18-30(35(3,33)34)24-15-13-22(27)14-16-24/h7-10,13-16,20,23H,4-6,11-12,17-18H2,1-3H3,(H,28,32)/t20-/m0/s1. The lowest BCUT2D eigenvalue weighted by Gasteiger charge is -2.33. The monoisotopic (exact) mass is 503 g/mol. The second-order valence-corrected chi connectivity index (χ2v) is 11.1. The molecular weight excluding hydrogens is 469 g/mol. The molecule has 0 bridgehead atoms. The van der Waals surface area contributed by atoms with Gasteiger partial charge in [0.2, 0.25) is 21.8 Å². The molecule has 2 aromatic rings. The Hall–Kier alpha value is -2.94. The second kappa shape index (κ2) is 11.7. The predicted molar refractivity (Wildman–Crippen MR) is 135 cm³/mol. The largest absolute Gasteiger partial charge is 0.352 e. The smallest absolute Gasteiger partial charge is 0.244 e. The fourth-order valence-electron chi connectivity index (χ4n) is 4.34. The van der Waals surface area contributed by atoms with E-state index in [1.165, 1.54) is 17.0 Å². The van der Waals surface area contributed by atoms with Crippen LogP contribution in [-0.2, 0) is 26.2 Å². The van der Waals surface area contributed by atoms with E-state index in [0.29, 0.717) is 0 Å². The molecule has 1 atom stereocenters. The van der Waals surface area contributed by atoms with Gasteiger partial charge in [-0.15, -0.1) is 0 Å². The highest BCUT2D eigenvalue weighted by atomic mass is 32.2. The van der Waals surface area contributed by atoms with Gasteiger partial charge in [0.05, 0.1) is 11.9 Å². The van der Waals surface area contributed by atoms with Crippen molar-refractivity contribution in [2.45, 2.75) is 64.6 Å². The zero-order chi connectivity index (χ0) is 25.6. The van der Waals surface area contributed by atoms with Crippen molar-refractivity contribution < 1.29 is 22.4 Å². The molecule has 1 aliphatic carbocycles. The van der Waals surface area contributed by atoms with E-state index in [1.807, 2.05) is 31.2 Å². The number of benzene rings is 2. The maximum atomic E-state index is 13.6. The fraction of sp³-hybridized carbons (Fsp3) is 0.462. The van der Waals surface area contributed by atoms with Gasteiger partial charge in [0.1, 0.15) is 18.4 Å². The molecule has 2 aromatic carbocycles. The number of rotatable bonds is 9. The van der Waals surface area contributed by atoms with Crippen LogP contribution in [0.25, 0.3) is 0 Å². The molecule has 0 spiro atoms. The molecule has 0 saturated heterocycles. The third-order valence-electron chi connectivity index (χ3n) is 6.51. The molecule has 1 fully saturated rings. The van der Waals surface area contributed by atoms with Crippen LogP contribution in [-0.4, -0.2) is 50.0 Å². The van der Waals surface area contributed by atoms with Crippen molar-refractivity contribution >= 4 is 27.5 Å². The fourth-order valence-corrected chi connectivity index (χ4v) is 5.19. The van der Waals surface area contributed by atoms with Gasteiger partial charge < -0.3 is 10.2 Å². The number of carbonyl (C=O) groups excluding carboxylic acids is 2. The average Bonchev–Trinajstić information content (AvgIpc) is 2.82. The first-order valence-corrected chi connectivity index (χ1v) is 13.8. The zero-order valence-corrected chi connectivity index (χ0v) is 21.4. The minimum absolute atomic E-state index is 0.0841. The molecule has 35 heavy (non-hydrogen) atoms. The minimum atomic E-state index is -3.85. The Morgan fingerprint density at radius 2 is 1.69 bits per heavy atom. The third kappa shape index (κ3) is 7.27. The molecule has 0 heterocycles. The maximum absolute atomic E-state index is 13.6. The summed E-state index contributed by atoms with van der Waals surface area (Å²) >= 11 is 0. The highest BCUT2D eigenvalue weighted by Crippen LogP contribution is 2.21. The number of anilines is 1. The topological polar surface area (TPSA) is 86.8 Å². The van der Waals surface area contributed by atoms with Crippen LogP contribution >= 0.6 is 0 Å². The zero-order valence-electron chi connectivity index (χ0n) is 20.5. The Balaban J connectivity index is 1.87. The Kier molecular flexibility index (Phi) is 8.88. The molecule has 0 radical (unpaired) electrons. The minimum Gasteiger partial charge on any atom is -0.352 e. The summed E-state index contributed by atoms with van der Waals surface area (Å²) in [7, 11) is -3.85. The van der Waals surface area contributed by atoms with Crippen molar-refractivity contribution in [1.82, 2.24) is 10.2 Å². The average molecular weight is 504 g/mol. The Bertz CT molecular complexity index is 1130. The van der Waals surface area contributed by atoms with E-state index in [-0.39, 0.29) is 24.2 Å². The van der Waals surface area contributed by atoms with Gasteiger partial charge in [-0.1, -0.05) is 43.5 Å². The van der Waals surface area contributed by atoms with Gasteiger partial charge in [-0.05, 0) is 62.1 Å². The Labute approximate surface area is 207 Å². The number of halogens is 1. The lowest BCUT2D eigenvalue weighted by molar-refractivity contribution is -0.139. The number of hydrogen-bond donors (Lipinski definition) is 1. The highest BCUT2D eigenvalue weighted by Gasteiger charge is 2.31. The van der Waals surface area contributed by atoms with Gasteiger partial charge >= 0.3 is 0 Å². The third-order valence-corrected chi connectivity index (χ3v) is 7.66. The molecule has 190 valence electrons. The molecule has 2 amide bonds. The number of hydrogen-bond acceptors (Lipinski definition) is 4. The van der Waals surface area contributed by atoms with Crippen LogP contribution in [0.2, 0.25) is 0 Å². The first-order chi connectivity index (χ1) is 16.6. The number of sulfonamides is 1. The van der Waals surface area contributed by atoms with E-state index < -0.39 is 34.3 Å². The van der Waals surface area contributed by atoms with Crippen molar-refractivity contribution in [2.24, 2.45) is 0 Å². The maximum Gasteiger partial charge on any atom is 0.244 e. The molecule has 0 aliphatic heterocycles. The number of carbonyl (C=O) groups is 2. The number of nitrogens with zero attached hydrogens (tertiary/aromatic N) is 2. The summed E-state index contributed by atoms with van der Waals surface area (Å²) in [6.07, 6.45) is 6.10. The summed E-state index contributed by atoms with van der Waals surface area (Å²) in [6, 6.07) is 11.8. The molecule has 0 unspecified atom stereocenters. The first kappa shape index (κ1) is 26.7. The summed E-state index contributed by atoms with van der Waals surface area (Å²) < 4.78 is 39.4. The lowest BCUT2D eigenvalue weighted by Crippen LogP contribution is -2.53. The quantitative estimate of drug-likeness (QED) is 0.565. The van der Waals surface area contributed by atoms with Crippen molar-refractivity contribution in [2.75, 3.05) is 17.1 Å². The summed E-state index contributed by atoms with van der Waals surface area (Å²) in [5.74, 6) is -1.29. The molecule has 9 heteroatoms. The van der Waals surface area contributed by atoms with Crippen LogP contribution in [0.1, 0.15) is 50.2 Å². The predicted octanol–water partition coefficient (Wildman–Crippen LogP) is 3.77. The second-order valence-electron chi connectivity index (χ2n) is 9.21. The van der Waals surface area contributed by atoms with Crippen molar-refractivity contribution in [3.8, 4) is 0 Å². The van der Waals surface area contributed by atoms with Crippen LogP contribution in [0.4, 0.5) is 10.1 Å². The van der Waals surface area contributed by atoms with E-state index in [4.69, 9.17) is 0 Å². The van der Waals surface area contributed by atoms with E-state index in [2.05, 4.69) is 5.32 Å². The number of amides is 2. The highest BCUT2D eigenvalue weighted by molar-refractivity contribution is 7.92. The first-order valence-electron chi connectivity index (χ1n) is 11.9. The van der Waals surface area contributed by atoms with E-state index >= 15 is 0 Å². The molecule has 3 rings (SSSR count). The summed E-state index contributed by atoms with van der Waals surface area (Å²) in [5, 5.41) is 3.07. The molecule has 1 saturated carbocycles. The van der Waals surface area contributed by atoms with Gasteiger partial charge in [0.25, 0.3) is 0 Å². The lowest BCUT2D eigenvalue weighted by atomic mass is 9.95. The molecule has 0 aromatic heterocycles. The molecule has 7 nitrogen and oxygen atoms in total. The number of nitrogens with one attached hydrogen (secondary N) is 1. The van der Waals surface area contributed by atoms with Crippen LogP contribution in [0.15, 0.2) is 48.5 Å². The normalized spacial score (nSPS) is 15.3. The summed E-state index contributed by atoms with van der Waals surface area (Å²) in [4.78, 5) is 28.1. The number of aryl methyl sites for hydroxylation is 1. The van der Waals surface area contributed by atoms with Crippen molar-refractivity contribution in [1.29, 1.82) is 0 Å². The van der Waals surface area contributed by atoms with Crippen LogP contribution in [0, 0.1) is 12.7 Å². The van der Waals surface area contributed by atoms with Crippen LogP contribution in [0.3, 0.4) is 0 Å². The van der Waals surface area contributed by atoms with E-state index in [1.54, 1.807) is 6.92 Å². The van der Waals surface area contributed by atoms with E-state index in [0.717, 1.165) is 65.9 Å². The molecule has 1 N–H and O–H groups in total. The van der Waals surface area contributed by atoms with Crippen molar-refractivity contribution in [3.63, 3.8) is 0 Å². The Morgan fingerprint density at radius 3 is 2.29 bits per heavy atom. The van der Waals surface area contributed by atoms with Gasteiger partial charge in [0.15, 0.2) is 0 Å². The van der Waals surface area contributed by atoms with Gasteiger partial charge in [0, 0.05) is 12.6 Å². The molecule has 1 aliphatic rings. The van der Waals surface area contributed by atoms with Gasteiger partial charge in [-0.2, -0.15) is 0 Å². The van der Waals surface area contributed by atoms with Crippen molar-refractivity contribution in [3.05, 3.63) is 65.5 Å². The summed E-state index contributed by atoms with van der Waals surface area (Å²) in [6.45, 7) is 3.24. The van der Waals surface area contributed by atoms with Gasteiger partial charge in [-0.25, -0.2) is 12.8 Å². The van der Waals surface area contributed by atoms with Crippen LogP contribution in [0.5, 0.6) is 0 Å².